The molecule has 2 aromatic heterocycles. The number of halogens is 4. The first-order chi connectivity index (χ1) is 16.6. The van der Waals surface area contributed by atoms with Gasteiger partial charge in [-0.15, -0.1) is 13.2 Å². The Morgan fingerprint density at radius 3 is 2.80 bits per heavy atom. The van der Waals surface area contributed by atoms with Crippen LogP contribution in [0.3, 0.4) is 0 Å². The van der Waals surface area contributed by atoms with Crippen molar-refractivity contribution < 1.29 is 32.3 Å². The first kappa shape index (κ1) is 22.7. The molecule has 0 fully saturated rings. The second-order valence-electron chi connectivity index (χ2n) is 8.00. The van der Waals surface area contributed by atoms with Gasteiger partial charge in [0.05, 0.1) is 23.1 Å². The Hall–Kier alpha value is -4.04. The molecule has 0 amide bonds. The molecule has 1 atom stereocenters. The van der Waals surface area contributed by atoms with Crippen molar-refractivity contribution in [2.75, 3.05) is 0 Å². The van der Waals surface area contributed by atoms with E-state index in [1.165, 1.54) is 6.07 Å². The van der Waals surface area contributed by atoms with Crippen LogP contribution in [0, 0.1) is 11.3 Å². The van der Waals surface area contributed by atoms with Crippen molar-refractivity contribution in [2.24, 2.45) is 0 Å². The summed E-state index contributed by atoms with van der Waals surface area (Å²) in [5.74, 6) is -1.61. The third-order valence-electron chi connectivity index (χ3n) is 5.75. The molecular formula is C23H14ClF3N4O4. The van der Waals surface area contributed by atoms with E-state index >= 15 is 0 Å². The molecule has 2 aromatic carbocycles. The average molecular weight is 503 g/mol. The van der Waals surface area contributed by atoms with Gasteiger partial charge in [-0.05, 0) is 42.8 Å². The molecule has 0 aliphatic carbocycles. The molecule has 0 saturated heterocycles. The number of aromatic nitrogens is 3. The zero-order chi connectivity index (χ0) is 24.9. The predicted molar refractivity (Wildman–Crippen MR) is 117 cm³/mol. The van der Waals surface area contributed by atoms with Crippen molar-refractivity contribution in [2.45, 2.75) is 31.7 Å². The molecule has 8 nitrogen and oxygen atoms in total. The maximum atomic E-state index is 12.6. The highest BCUT2D eigenvalue weighted by molar-refractivity contribution is 6.36. The van der Waals surface area contributed by atoms with Crippen molar-refractivity contribution in [1.82, 2.24) is 14.7 Å². The fourth-order valence-electron chi connectivity index (χ4n) is 4.38. The van der Waals surface area contributed by atoms with Crippen molar-refractivity contribution in [1.29, 1.82) is 5.26 Å². The van der Waals surface area contributed by atoms with Crippen LogP contribution in [0.25, 0.3) is 33.7 Å². The molecule has 1 aliphatic rings. The van der Waals surface area contributed by atoms with Crippen LogP contribution in [-0.4, -0.2) is 32.1 Å². The maximum absolute atomic E-state index is 12.6. The van der Waals surface area contributed by atoms with Gasteiger partial charge in [0.1, 0.15) is 5.75 Å². The van der Waals surface area contributed by atoms with Crippen molar-refractivity contribution in [3.05, 3.63) is 52.7 Å². The molecule has 12 heteroatoms. The van der Waals surface area contributed by atoms with Gasteiger partial charge >= 0.3 is 12.3 Å². The number of hydrogen-bond acceptors (Lipinski definition) is 6. The van der Waals surface area contributed by atoms with Crippen LogP contribution in [0.2, 0.25) is 5.02 Å². The Morgan fingerprint density at radius 1 is 1.29 bits per heavy atom. The van der Waals surface area contributed by atoms with E-state index in [0.29, 0.717) is 28.9 Å². The number of alkyl halides is 3. The second kappa shape index (κ2) is 8.32. The van der Waals surface area contributed by atoms with Gasteiger partial charge in [-0.1, -0.05) is 16.8 Å². The number of aliphatic carboxylic acids is 1. The summed E-state index contributed by atoms with van der Waals surface area (Å²) in [6, 6.07) is 10.4. The number of nitrogens with zero attached hydrogens (tertiary/aromatic N) is 4. The lowest BCUT2D eigenvalue weighted by Gasteiger charge is -2.09. The number of rotatable bonds is 5. The van der Waals surface area contributed by atoms with Crippen LogP contribution in [0.5, 0.6) is 5.75 Å². The molecule has 0 spiro atoms. The SMILES string of the molecule is N#Cc1cc(OC(F)(F)F)cc(-c2nc(-c3ccc4c(c3)c(Cl)c3n4CC[C@H]3CC(=O)O)no2)c1. The standard InChI is InChI=1S/C23H14ClF3N4O4/c24-19-16-8-13(1-2-17(16)31-4-3-12(20(19)31)9-18(32)33)21-29-22(35-30-21)14-5-11(10-28)6-15(7-14)34-23(25,26)27/h1-2,5-8,12H,3-4,9H2,(H,32,33)/t12-/m0/s1. The van der Waals surface area contributed by atoms with Crippen LogP contribution in [0.1, 0.15) is 30.0 Å². The van der Waals surface area contributed by atoms with Gasteiger partial charge in [-0.3, -0.25) is 4.79 Å². The lowest BCUT2D eigenvalue weighted by Crippen LogP contribution is -2.17. The lowest BCUT2D eigenvalue weighted by atomic mass is 10.00. The van der Waals surface area contributed by atoms with E-state index in [0.717, 1.165) is 23.3 Å². The van der Waals surface area contributed by atoms with Crippen LogP contribution >= 0.6 is 11.6 Å². The summed E-state index contributed by atoms with van der Waals surface area (Å²) in [5.41, 5.74) is 2.17. The van der Waals surface area contributed by atoms with Crippen molar-refractivity contribution in [3.63, 3.8) is 0 Å². The van der Waals surface area contributed by atoms with Gasteiger partial charge < -0.3 is 18.9 Å². The average Bonchev–Trinajstić information content (AvgIpc) is 3.49. The number of ether oxygens (including phenoxy) is 1. The number of nitriles is 1. The molecule has 1 N–H and O–H groups in total. The van der Waals surface area contributed by atoms with Crippen LogP contribution in [0.4, 0.5) is 13.2 Å². The number of aryl methyl sites for hydroxylation is 1. The predicted octanol–water partition coefficient (Wildman–Crippen LogP) is 5.74. The third-order valence-corrected chi connectivity index (χ3v) is 6.15. The summed E-state index contributed by atoms with van der Waals surface area (Å²) >= 11 is 6.63. The maximum Gasteiger partial charge on any atom is 0.573 e. The van der Waals surface area contributed by atoms with Gasteiger partial charge in [0.15, 0.2) is 0 Å². The summed E-state index contributed by atoms with van der Waals surface area (Å²) in [6.45, 7) is 0.653. The van der Waals surface area contributed by atoms with E-state index in [4.69, 9.17) is 21.4 Å². The molecule has 5 rings (SSSR count). The molecule has 3 heterocycles. The summed E-state index contributed by atoms with van der Waals surface area (Å²) in [4.78, 5) is 15.5. The van der Waals surface area contributed by atoms with E-state index in [1.54, 1.807) is 18.2 Å². The van der Waals surface area contributed by atoms with Crippen LogP contribution in [-0.2, 0) is 11.3 Å². The zero-order valence-corrected chi connectivity index (χ0v) is 18.4. The summed E-state index contributed by atoms with van der Waals surface area (Å²) in [7, 11) is 0. The first-order valence-corrected chi connectivity index (χ1v) is 10.7. The Morgan fingerprint density at radius 2 is 2.09 bits per heavy atom. The Bertz CT molecular complexity index is 1520. The van der Waals surface area contributed by atoms with Crippen molar-refractivity contribution >= 4 is 28.5 Å². The first-order valence-electron chi connectivity index (χ1n) is 10.3. The van der Waals surface area contributed by atoms with Gasteiger partial charge in [-0.2, -0.15) is 10.2 Å². The minimum absolute atomic E-state index is 0.0150. The monoisotopic (exact) mass is 502 g/mol. The molecule has 0 bridgehead atoms. The van der Waals surface area contributed by atoms with Gasteiger partial charge in [0.2, 0.25) is 5.82 Å². The fourth-order valence-corrected chi connectivity index (χ4v) is 4.79. The van der Waals surface area contributed by atoms with Crippen molar-refractivity contribution in [3.8, 4) is 34.7 Å². The second-order valence-corrected chi connectivity index (χ2v) is 8.37. The largest absolute Gasteiger partial charge is 0.573 e. The third kappa shape index (κ3) is 4.28. The summed E-state index contributed by atoms with van der Waals surface area (Å²) in [6.07, 6.45) is -4.25. The topological polar surface area (TPSA) is 114 Å². The highest BCUT2D eigenvalue weighted by Gasteiger charge is 2.32. The van der Waals surface area contributed by atoms with E-state index in [2.05, 4.69) is 14.9 Å². The van der Waals surface area contributed by atoms with Crippen LogP contribution in [0.15, 0.2) is 40.9 Å². The minimum Gasteiger partial charge on any atom is -0.481 e. The minimum atomic E-state index is -4.93. The molecule has 0 radical (unpaired) electrons. The molecule has 35 heavy (non-hydrogen) atoms. The highest BCUT2D eigenvalue weighted by atomic mass is 35.5. The van der Waals surface area contributed by atoms with Gasteiger partial charge in [-0.25, -0.2) is 0 Å². The molecule has 4 aromatic rings. The molecular weight excluding hydrogens is 489 g/mol. The summed E-state index contributed by atoms with van der Waals surface area (Å²) < 4.78 is 49.1. The van der Waals surface area contributed by atoms with E-state index in [1.807, 2.05) is 10.6 Å². The van der Waals surface area contributed by atoms with E-state index in [-0.39, 0.29) is 35.2 Å². The number of carbonyl (C=O) groups is 1. The number of carboxylic acids is 1. The number of fused-ring (bicyclic) bond motifs is 3. The number of hydrogen-bond donors (Lipinski definition) is 1. The smallest absolute Gasteiger partial charge is 0.481 e. The van der Waals surface area contributed by atoms with Gasteiger partial charge in [0, 0.05) is 40.2 Å². The Labute approximate surface area is 200 Å². The van der Waals surface area contributed by atoms with Gasteiger partial charge in [0.25, 0.3) is 5.89 Å². The normalized spacial score (nSPS) is 15.2. The molecule has 178 valence electrons. The Balaban J connectivity index is 1.51. The lowest BCUT2D eigenvalue weighted by molar-refractivity contribution is -0.274. The molecule has 1 aliphatic heterocycles. The summed E-state index contributed by atoms with van der Waals surface area (Å²) in [5, 5.41) is 23.4. The number of benzene rings is 2. The fraction of sp³-hybridized carbons (Fsp3) is 0.217. The Kier molecular flexibility index (Phi) is 5.40. The van der Waals surface area contributed by atoms with E-state index in [9.17, 15) is 23.1 Å². The number of carboxylic acid groups (broad SMARTS) is 1. The zero-order valence-electron chi connectivity index (χ0n) is 17.6. The quantitative estimate of drug-likeness (QED) is 0.370. The molecule has 0 unspecified atom stereocenters. The highest BCUT2D eigenvalue weighted by Crippen LogP contribution is 2.43. The van der Waals surface area contributed by atoms with Crippen LogP contribution < -0.4 is 4.74 Å². The molecule has 0 saturated carbocycles. The van der Waals surface area contributed by atoms with E-state index < -0.39 is 18.1 Å².